The van der Waals surface area contributed by atoms with Crippen LogP contribution < -0.4 is 0 Å². The molecule has 0 aliphatic rings. The predicted octanol–water partition coefficient (Wildman–Crippen LogP) is 2.17. The minimum absolute atomic E-state index is 0.0290. The van der Waals surface area contributed by atoms with E-state index in [1.807, 2.05) is 6.92 Å². The fourth-order valence-electron chi connectivity index (χ4n) is 1.10. The van der Waals surface area contributed by atoms with Crippen LogP contribution in [0.3, 0.4) is 0 Å². The Balaban J connectivity index is 2.53. The molecule has 1 unspecified atom stereocenters. The molecule has 2 aromatic heterocycles. The topological polar surface area (TPSA) is 56.5 Å². The molecule has 0 aromatic carbocycles. The highest BCUT2D eigenvalue weighted by atomic mass is 79.9. The van der Waals surface area contributed by atoms with Gasteiger partial charge >= 0.3 is 0 Å². The summed E-state index contributed by atoms with van der Waals surface area (Å²) in [6.07, 6.45) is 3.28. The molecule has 0 aliphatic carbocycles. The Morgan fingerprint density at radius 2 is 2.07 bits per heavy atom. The molecule has 2 rings (SSSR count). The quantitative estimate of drug-likeness (QED) is 0.795. The SMILES string of the molecule is CC(Br)c1nc(Cl)nn1-c1ncccn1. The van der Waals surface area contributed by atoms with Crippen molar-refractivity contribution in [3.8, 4) is 5.95 Å². The molecule has 7 heteroatoms. The third-order valence-corrected chi connectivity index (χ3v) is 2.27. The van der Waals surface area contributed by atoms with E-state index in [-0.39, 0.29) is 10.1 Å². The van der Waals surface area contributed by atoms with E-state index in [0.29, 0.717) is 11.8 Å². The highest BCUT2D eigenvalue weighted by molar-refractivity contribution is 9.09. The zero-order valence-electron chi connectivity index (χ0n) is 7.80. The van der Waals surface area contributed by atoms with Crippen molar-refractivity contribution in [2.75, 3.05) is 0 Å². The van der Waals surface area contributed by atoms with Crippen molar-refractivity contribution in [3.63, 3.8) is 0 Å². The molecule has 0 saturated heterocycles. The van der Waals surface area contributed by atoms with E-state index in [1.165, 1.54) is 4.68 Å². The van der Waals surface area contributed by atoms with E-state index in [1.54, 1.807) is 18.5 Å². The summed E-state index contributed by atoms with van der Waals surface area (Å²) < 4.78 is 1.52. The molecule has 0 saturated carbocycles. The minimum Gasteiger partial charge on any atom is -0.220 e. The van der Waals surface area contributed by atoms with Crippen LogP contribution in [-0.2, 0) is 0 Å². The van der Waals surface area contributed by atoms with Gasteiger partial charge in [-0.15, -0.1) is 5.10 Å². The van der Waals surface area contributed by atoms with Crippen LogP contribution in [0.5, 0.6) is 0 Å². The van der Waals surface area contributed by atoms with Crippen molar-refractivity contribution < 1.29 is 0 Å². The summed E-state index contributed by atoms with van der Waals surface area (Å²) >= 11 is 9.15. The Morgan fingerprint density at radius 1 is 1.40 bits per heavy atom. The lowest BCUT2D eigenvalue weighted by Gasteiger charge is -2.03. The molecule has 2 aromatic rings. The zero-order valence-corrected chi connectivity index (χ0v) is 10.1. The number of aromatic nitrogens is 5. The van der Waals surface area contributed by atoms with Crippen LogP contribution in [0.1, 0.15) is 17.6 Å². The first-order valence-electron chi connectivity index (χ1n) is 4.22. The van der Waals surface area contributed by atoms with Crippen molar-refractivity contribution in [2.45, 2.75) is 11.8 Å². The lowest BCUT2D eigenvalue weighted by atomic mass is 10.4. The summed E-state index contributed by atoms with van der Waals surface area (Å²) in [7, 11) is 0. The van der Waals surface area contributed by atoms with E-state index in [4.69, 9.17) is 11.6 Å². The number of halogens is 2. The highest BCUT2D eigenvalue weighted by Gasteiger charge is 2.15. The van der Waals surface area contributed by atoms with E-state index in [9.17, 15) is 0 Å². The maximum absolute atomic E-state index is 5.74. The van der Waals surface area contributed by atoms with E-state index >= 15 is 0 Å². The van der Waals surface area contributed by atoms with Gasteiger partial charge in [0.05, 0.1) is 4.83 Å². The maximum Gasteiger partial charge on any atom is 0.252 e. The summed E-state index contributed by atoms with van der Waals surface area (Å²) in [4.78, 5) is 12.3. The molecule has 0 bridgehead atoms. The first-order chi connectivity index (χ1) is 7.18. The molecule has 15 heavy (non-hydrogen) atoms. The molecule has 5 nitrogen and oxygen atoms in total. The van der Waals surface area contributed by atoms with Gasteiger partial charge in [-0.25, -0.2) is 15.0 Å². The molecule has 0 aliphatic heterocycles. The van der Waals surface area contributed by atoms with Crippen molar-refractivity contribution >= 4 is 27.5 Å². The second-order valence-electron chi connectivity index (χ2n) is 2.82. The van der Waals surface area contributed by atoms with Gasteiger partial charge in [0.25, 0.3) is 5.95 Å². The Morgan fingerprint density at radius 3 is 2.67 bits per heavy atom. The fraction of sp³-hybridized carbons (Fsp3) is 0.250. The van der Waals surface area contributed by atoms with Crippen LogP contribution >= 0.6 is 27.5 Å². The summed E-state index contributed by atoms with van der Waals surface area (Å²) in [6, 6.07) is 1.74. The predicted molar refractivity (Wildman–Crippen MR) is 59.3 cm³/mol. The normalized spacial score (nSPS) is 12.7. The molecule has 2 heterocycles. The molecule has 0 N–H and O–H groups in total. The third-order valence-electron chi connectivity index (χ3n) is 1.70. The number of rotatable bonds is 2. The monoisotopic (exact) mass is 287 g/mol. The number of alkyl halides is 1. The van der Waals surface area contributed by atoms with Crippen LogP contribution in [0.15, 0.2) is 18.5 Å². The Labute approximate surface area is 99.7 Å². The number of hydrogen-bond acceptors (Lipinski definition) is 4. The van der Waals surface area contributed by atoms with E-state index < -0.39 is 0 Å². The first kappa shape index (κ1) is 10.5. The molecule has 0 spiro atoms. The van der Waals surface area contributed by atoms with Gasteiger partial charge in [-0.3, -0.25) is 0 Å². The standard InChI is InChI=1S/C8H7BrClN5/c1-5(9)6-13-7(10)14-15(6)8-11-3-2-4-12-8/h2-5H,1H3. The second kappa shape index (κ2) is 4.24. The van der Waals surface area contributed by atoms with Crippen LogP contribution in [0.2, 0.25) is 5.28 Å². The summed E-state index contributed by atoms with van der Waals surface area (Å²) in [5, 5.41) is 4.20. The van der Waals surface area contributed by atoms with Gasteiger partial charge in [0.1, 0.15) is 0 Å². The van der Waals surface area contributed by atoms with Gasteiger partial charge in [-0.1, -0.05) is 15.9 Å². The average Bonchev–Trinajstić information content (AvgIpc) is 2.62. The molecule has 0 radical (unpaired) electrons. The zero-order chi connectivity index (χ0) is 10.8. The number of hydrogen-bond donors (Lipinski definition) is 0. The van der Waals surface area contributed by atoms with E-state index in [2.05, 4.69) is 36.0 Å². The van der Waals surface area contributed by atoms with Crippen LogP contribution in [-0.4, -0.2) is 24.7 Å². The summed E-state index contributed by atoms with van der Waals surface area (Å²) in [6.45, 7) is 1.93. The Hall–Kier alpha value is -1.01. The van der Waals surface area contributed by atoms with Gasteiger partial charge in [0, 0.05) is 12.4 Å². The average molecular weight is 289 g/mol. The minimum atomic E-state index is 0.0290. The third kappa shape index (κ3) is 2.15. The molecule has 0 amide bonds. The summed E-state index contributed by atoms with van der Waals surface area (Å²) in [5.41, 5.74) is 0. The van der Waals surface area contributed by atoms with Crippen molar-refractivity contribution in [2.24, 2.45) is 0 Å². The van der Waals surface area contributed by atoms with E-state index in [0.717, 1.165) is 0 Å². The smallest absolute Gasteiger partial charge is 0.220 e. The maximum atomic E-state index is 5.74. The van der Waals surface area contributed by atoms with Crippen LogP contribution in [0.4, 0.5) is 0 Å². The lowest BCUT2D eigenvalue weighted by Crippen LogP contribution is -2.07. The number of nitrogens with zero attached hydrogens (tertiary/aromatic N) is 5. The van der Waals surface area contributed by atoms with Gasteiger partial charge < -0.3 is 0 Å². The van der Waals surface area contributed by atoms with Crippen molar-refractivity contribution in [3.05, 3.63) is 29.6 Å². The van der Waals surface area contributed by atoms with Crippen LogP contribution in [0, 0.1) is 0 Å². The second-order valence-corrected chi connectivity index (χ2v) is 4.53. The molecule has 0 fully saturated rings. The van der Waals surface area contributed by atoms with Gasteiger partial charge in [-0.2, -0.15) is 4.68 Å². The molecule has 1 atom stereocenters. The van der Waals surface area contributed by atoms with Gasteiger partial charge in [0.2, 0.25) is 5.28 Å². The Kier molecular flexibility index (Phi) is 2.97. The van der Waals surface area contributed by atoms with Crippen LogP contribution in [0.25, 0.3) is 5.95 Å². The van der Waals surface area contributed by atoms with Gasteiger partial charge in [-0.05, 0) is 24.6 Å². The first-order valence-corrected chi connectivity index (χ1v) is 5.52. The lowest BCUT2D eigenvalue weighted by molar-refractivity contribution is 0.749. The fourth-order valence-corrected chi connectivity index (χ4v) is 1.56. The van der Waals surface area contributed by atoms with Gasteiger partial charge in [0.15, 0.2) is 5.82 Å². The summed E-state index contributed by atoms with van der Waals surface area (Å²) in [5.74, 6) is 1.13. The highest BCUT2D eigenvalue weighted by Crippen LogP contribution is 2.22. The molecular formula is C8H7BrClN5. The molecule has 78 valence electrons. The molecular weight excluding hydrogens is 281 g/mol. The van der Waals surface area contributed by atoms with Crippen molar-refractivity contribution in [1.82, 2.24) is 24.7 Å². The Bertz CT molecular complexity index is 455. The van der Waals surface area contributed by atoms with Crippen molar-refractivity contribution in [1.29, 1.82) is 0 Å². The largest absolute Gasteiger partial charge is 0.252 e.